The third kappa shape index (κ3) is 6.20. The van der Waals surface area contributed by atoms with Crippen LogP contribution in [0.25, 0.3) is 0 Å². The number of carbonyl (C=O) groups is 1. The van der Waals surface area contributed by atoms with E-state index in [2.05, 4.69) is 27.2 Å². The highest BCUT2D eigenvalue weighted by molar-refractivity contribution is 6.31. The van der Waals surface area contributed by atoms with Gasteiger partial charge in [0.2, 0.25) is 17.7 Å². The van der Waals surface area contributed by atoms with Gasteiger partial charge in [-0.3, -0.25) is 4.79 Å². The summed E-state index contributed by atoms with van der Waals surface area (Å²) in [5, 5.41) is 5.52. The Labute approximate surface area is 224 Å². The van der Waals surface area contributed by atoms with Crippen molar-refractivity contribution in [1.82, 2.24) is 14.9 Å². The number of hydrogen-bond donors (Lipinski definition) is 2. The maximum absolute atomic E-state index is 11.5. The molecule has 0 spiro atoms. The van der Waals surface area contributed by atoms with E-state index in [0.29, 0.717) is 11.4 Å². The first-order valence-electron chi connectivity index (χ1n) is 15.5. The monoisotopic (exact) mass is 505 g/mol. The Morgan fingerprint density at radius 1 is 1.23 bits per heavy atom. The predicted octanol–water partition coefficient (Wildman–Crippen LogP) is 4.55. The van der Waals surface area contributed by atoms with E-state index < -0.39 is 37.9 Å². The number of amides is 1. The Morgan fingerprint density at radius 2 is 2.00 bits per heavy atom. The molecular weight excluding hydrogens is 468 g/mol. The molecule has 1 aromatic heterocycles. The van der Waals surface area contributed by atoms with E-state index in [1.807, 2.05) is 0 Å². The Balaban J connectivity index is 1.65. The SMILES string of the molecule is [2H]C([2H])([2H])N1C([2H])([2H])C([2H])([2H])N(c2ccc(Nc3ncc(Cl)c(Oc4ccc(NC(=O)C=C)cc4)n3)c(OC)c2)C([2H])([2H])C1([2H])[2H]. The van der Waals surface area contributed by atoms with Crippen molar-refractivity contribution >= 4 is 40.5 Å². The van der Waals surface area contributed by atoms with E-state index in [4.69, 9.17) is 36.2 Å². The number of nitrogens with one attached hydrogen (secondary N) is 2. The van der Waals surface area contributed by atoms with E-state index in [0.717, 1.165) is 18.2 Å². The molecule has 0 atom stereocenters. The molecule has 1 amide bonds. The van der Waals surface area contributed by atoms with Gasteiger partial charge in [0.1, 0.15) is 16.5 Å². The highest BCUT2D eigenvalue weighted by Gasteiger charge is 2.17. The molecule has 1 fully saturated rings. The van der Waals surface area contributed by atoms with Crippen LogP contribution >= 0.6 is 11.6 Å². The molecule has 0 aliphatic carbocycles. The van der Waals surface area contributed by atoms with E-state index in [-0.39, 0.29) is 44.8 Å². The number of hydrogen-bond acceptors (Lipinski definition) is 8. The third-order valence-corrected chi connectivity index (χ3v) is 4.73. The van der Waals surface area contributed by atoms with E-state index in [1.54, 1.807) is 24.3 Å². The van der Waals surface area contributed by atoms with Crippen LogP contribution in [-0.2, 0) is 4.79 Å². The van der Waals surface area contributed by atoms with Crippen LogP contribution in [0, 0.1) is 0 Å². The number of anilines is 4. The highest BCUT2D eigenvalue weighted by Crippen LogP contribution is 2.33. The van der Waals surface area contributed by atoms with Crippen molar-refractivity contribution < 1.29 is 29.3 Å². The van der Waals surface area contributed by atoms with E-state index >= 15 is 0 Å². The summed E-state index contributed by atoms with van der Waals surface area (Å²) in [6.45, 7) is -14.0. The van der Waals surface area contributed by atoms with Gasteiger partial charge >= 0.3 is 0 Å². The second-order valence-electron chi connectivity index (χ2n) is 6.79. The van der Waals surface area contributed by atoms with Crippen LogP contribution in [0.15, 0.2) is 61.3 Å². The fraction of sp³-hybridized carbons (Fsp3) is 0.240. The van der Waals surface area contributed by atoms with Gasteiger partial charge in [-0.05, 0) is 49.5 Å². The van der Waals surface area contributed by atoms with Gasteiger partial charge < -0.3 is 29.9 Å². The number of benzene rings is 2. The lowest BCUT2D eigenvalue weighted by atomic mass is 10.2. The van der Waals surface area contributed by atoms with Gasteiger partial charge in [-0.1, -0.05) is 18.2 Å². The van der Waals surface area contributed by atoms with Crippen molar-refractivity contribution in [2.75, 3.05) is 55.6 Å². The average molecular weight is 506 g/mol. The first kappa shape index (κ1) is 13.9. The quantitative estimate of drug-likeness (QED) is 0.431. The molecule has 182 valence electrons. The summed E-state index contributed by atoms with van der Waals surface area (Å²) >= 11 is 6.22. The number of aromatic nitrogens is 2. The molecule has 10 heteroatoms. The zero-order chi connectivity index (χ0) is 34.5. The van der Waals surface area contributed by atoms with Gasteiger partial charge in [0.05, 0.1) is 24.5 Å². The smallest absolute Gasteiger partial charge is 0.247 e. The summed E-state index contributed by atoms with van der Waals surface area (Å²) in [5.74, 6) is -0.184. The van der Waals surface area contributed by atoms with Crippen molar-refractivity contribution in [3.05, 3.63) is 66.3 Å². The molecule has 3 aromatic rings. The summed E-state index contributed by atoms with van der Waals surface area (Å²) in [6, 6.07) is 9.88. The first-order valence-corrected chi connectivity index (χ1v) is 10.4. The largest absolute Gasteiger partial charge is 0.494 e. The topological polar surface area (TPSA) is 91.8 Å². The Kier molecular flexibility index (Phi) is 4.40. The van der Waals surface area contributed by atoms with Gasteiger partial charge in [0, 0.05) is 53.0 Å². The molecule has 1 aliphatic rings. The van der Waals surface area contributed by atoms with Gasteiger partial charge in [-0.15, -0.1) is 0 Å². The number of methoxy groups -OCH3 is 1. The average Bonchev–Trinajstić information content (AvgIpc) is 2.94. The van der Waals surface area contributed by atoms with Crippen molar-refractivity contribution in [2.45, 2.75) is 0 Å². The number of carbonyl (C=O) groups excluding carboxylic acids is 1. The Hall–Kier alpha value is -3.82. The minimum Gasteiger partial charge on any atom is -0.494 e. The highest BCUT2D eigenvalue weighted by atomic mass is 35.5. The maximum Gasteiger partial charge on any atom is 0.247 e. The minimum absolute atomic E-state index is 0.0371. The number of nitrogens with zero attached hydrogens (tertiary/aromatic N) is 4. The lowest BCUT2D eigenvalue weighted by Gasteiger charge is -2.34. The summed E-state index contributed by atoms with van der Waals surface area (Å²) < 4.78 is 101. The molecule has 1 saturated heterocycles. The number of rotatable bonds is 8. The van der Waals surface area contributed by atoms with Crippen molar-refractivity contribution in [3.63, 3.8) is 0 Å². The Morgan fingerprint density at radius 3 is 2.69 bits per heavy atom. The molecule has 0 bridgehead atoms. The second-order valence-corrected chi connectivity index (χ2v) is 7.20. The molecular formula is C25H27ClN6O3. The zero-order valence-electron chi connectivity index (χ0n) is 29.3. The molecule has 4 rings (SSSR count). The molecule has 9 nitrogen and oxygen atoms in total. The fourth-order valence-corrected chi connectivity index (χ4v) is 2.95. The van der Waals surface area contributed by atoms with Crippen molar-refractivity contribution in [3.8, 4) is 17.4 Å². The summed E-state index contributed by atoms with van der Waals surface area (Å²) in [4.78, 5) is 19.7. The normalized spacial score (nSPS) is 24.5. The molecule has 2 heterocycles. The molecule has 0 saturated carbocycles. The molecule has 0 radical (unpaired) electrons. The third-order valence-electron chi connectivity index (χ3n) is 4.47. The molecule has 2 aromatic carbocycles. The van der Waals surface area contributed by atoms with Gasteiger partial charge in [-0.2, -0.15) is 4.98 Å². The fourth-order valence-electron chi connectivity index (χ4n) is 2.82. The van der Waals surface area contributed by atoms with Gasteiger partial charge in [0.15, 0.2) is 0 Å². The second kappa shape index (κ2) is 11.1. The standard InChI is InChI=1S/C25H27ClN6O3/c1-4-23(33)28-17-5-8-19(9-6-17)35-24-20(26)16-27-25(30-24)29-21-10-7-18(15-22(21)34-3)32-13-11-31(2)12-14-32/h4-10,15-16H,1,11-14H2,2-3H3,(H,28,33)(H,27,29,30)/i2D3,11D2,12D2,13D2,14D2. The van der Waals surface area contributed by atoms with Crippen LogP contribution in [-0.4, -0.2) is 60.8 Å². The number of halogens is 1. The molecule has 0 unspecified atom stereocenters. The van der Waals surface area contributed by atoms with Crippen LogP contribution in [0.4, 0.5) is 23.0 Å². The van der Waals surface area contributed by atoms with Gasteiger partial charge in [0.25, 0.3) is 0 Å². The van der Waals surface area contributed by atoms with Crippen LogP contribution in [0.3, 0.4) is 0 Å². The Bertz CT molecular complexity index is 1610. The van der Waals surface area contributed by atoms with Crippen LogP contribution in [0.5, 0.6) is 17.4 Å². The summed E-state index contributed by atoms with van der Waals surface area (Å²) in [7, 11) is 1.25. The minimum atomic E-state index is -3.54. The van der Waals surface area contributed by atoms with Crippen molar-refractivity contribution in [1.29, 1.82) is 0 Å². The van der Waals surface area contributed by atoms with Crippen LogP contribution < -0.4 is 25.0 Å². The van der Waals surface area contributed by atoms with Crippen molar-refractivity contribution in [2.24, 2.45) is 0 Å². The van der Waals surface area contributed by atoms with E-state index in [1.165, 1.54) is 19.4 Å². The van der Waals surface area contributed by atoms with Crippen LogP contribution in [0.1, 0.15) is 15.1 Å². The molecule has 35 heavy (non-hydrogen) atoms. The molecule has 1 aliphatic heterocycles. The molecule has 2 N–H and O–H groups in total. The lowest BCUT2D eigenvalue weighted by molar-refractivity contribution is -0.111. The predicted molar refractivity (Wildman–Crippen MR) is 138 cm³/mol. The van der Waals surface area contributed by atoms with Crippen LogP contribution in [0.2, 0.25) is 5.02 Å². The summed E-state index contributed by atoms with van der Waals surface area (Å²) in [5.41, 5.74) is 0.316. The van der Waals surface area contributed by atoms with E-state index in [9.17, 15) is 4.79 Å². The maximum atomic E-state index is 11.5. The number of ether oxygens (including phenoxy) is 2. The number of likely N-dealkylation sites (N-methyl/N-ethyl adjacent to an activating group) is 1. The lowest BCUT2D eigenvalue weighted by Crippen LogP contribution is -2.44. The first-order chi connectivity index (χ1) is 21.2. The van der Waals surface area contributed by atoms with Gasteiger partial charge in [-0.25, -0.2) is 4.98 Å². The number of piperazine rings is 1. The zero-order valence-corrected chi connectivity index (χ0v) is 19.1. The summed E-state index contributed by atoms with van der Waals surface area (Å²) in [6.07, 6.45) is 2.38.